The summed E-state index contributed by atoms with van der Waals surface area (Å²) in [6.07, 6.45) is 5.25. The summed E-state index contributed by atoms with van der Waals surface area (Å²) in [5.74, 6) is 0.145. The number of halogens is 1. The third-order valence-corrected chi connectivity index (χ3v) is 4.15. The van der Waals surface area contributed by atoms with Crippen molar-refractivity contribution in [3.8, 4) is 0 Å². The molecule has 1 atom stereocenters. The van der Waals surface area contributed by atoms with Crippen molar-refractivity contribution in [2.24, 2.45) is 0 Å². The standard InChI is InChI=1S/C14H21N7O5.ClH/c1-12-16-11-13(19(22)23)18(12)8-10-21(2,26)9-4-3-6-17-7-5-15-14(17)20(24)25;/h5,7,11H,3-4,6,8-10H2,1-2H3;1H/p-1. The highest BCUT2D eigenvalue weighted by atomic mass is 35.5. The number of aromatic nitrogens is 4. The van der Waals surface area contributed by atoms with Crippen molar-refractivity contribution in [1.29, 1.82) is 0 Å². The number of imidazole rings is 2. The number of likely N-dealkylation sites (N-methyl/N-ethyl adjacent to an activating group) is 1. The van der Waals surface area contributed by atoms with E-state index in [9.17, 15) is 25.4 Å². The number of rotatable bonds is 10. The van der Waals surface area contributed by atoms with Gasteiger partial charge in [-0.1, -0.05) is 4.98 Å². The van der Waals surface area contributed by atoms with Gasteiger partial charge in [0.15, 0.2) is 5.82 Å². The van der Waals surface area contributed by atoms with Crippen LogP contribution in [0.2, 0.25) is 0 Å². The van der Waals surface area contributed by atoms with E-state index in [2.05, 4.69) is 9.97 Å². The van der Waals surface area contributed by atoms with Crippen LogP contribution in [-0.2, 0) is 13.1 Å². The summed E-state index contributed by atoms with van der Waals surface area (Å²) in [5, 5.41) is 34.3. The monoisotopic (exact) mass is 402 g/mol. The van der Waals surface area contributed by atoms with Crippen LogP contribution in [0, 0.1) is 32.4 Å². The van der Waals surface area contributed by atoms with Crippen LogP contribution in [0.3, 0.4) is 0 Å². The molecule has 0 aliphatic carbocycles. The fraction of sp³-hybridized carbons (Fsp3) is 0.571. The molecule has 2 heterocycles. The van der Waals surface area contributed by atoms with Crippen LogP contribution in [0.25, 0.3) is 0 Å². The zero-order valence-corrected chi connectivity index (χ0v) is 15.8. The van der Waals surface area contributed by atoms with Crippen LogP contribution in [0.4, 0.5) is 11.8 Å². The van der Waals surface area contributed by atoms with E-state index in [1.165, 1.54) is 34.8 Å². The molecule has 0 saturated heterocycles. The first-order chi connectivity index (χ1) is 12.2. The van der Waals surface area contributed by atoms with Crippen molar-refractivity contribution in [1.82, 2.24) is 19.1 Å². The van der Waals surface area contributed by atoms with Gasteiger partial charge in [0.25, 0.3) is 0 Å². The number of nitrogens with zero attached hydrogens (tertiary/aromatic N) is 7. The molecular weight excluding hydrogens is 382 g/mol. The van der Waals surface area contributed by atoms with Crippen LogP contribution in [0.5, 0.6) is 0 Å². The van der Waals surface area contributed by atoms with Gasteiger partial charge in [-0.05, 0) is 22.7 Å². The van der Waals surface area contributed by atoms with Gasteiger partial charge in [0.1, 0.15) is 31.7 Å². The molecule has 0 saturated carbocycles. The van der Waals surface area contributed by atoms with Gasteiger partial charge >= 0.3 is 11.8 Å². The summed E-state index contributed by atoms with van der Waals surface area (Å²) in [6.45, 7) is 2.74. The van der Waals surface area contributed by atoms with E-state index in [-0.39, 0.29) is 37.3 Å². The topological polar surface area (TPSA) is 145 Å². The van der Waals surface area contributed by atoms with E-state index in [4.69, 9.17) is 0 Å². The number of hydrogen-bond donors (Lipinski definition) is 0. The zero-order valence-electron chi connectivity index (χ0n) is 15.0. The number of nitro groups is 2. The van der Waals surface area contributed by atoms with Crippen LogP contribution >= 0.6 is 0 Å². The minimum atomic E-state index is -0.555. The smallest absolute Gasteiger partial charge is 0.434 e. The molecule has 0 amide bonds. The molecule has 27 heavy (non-hydrogen) atoms. The van der Waals surface area contributed by atoms with Crippen molar-refractivity contribution in [3.63, 3.8) is 0 Å². The highest BCUT2D eigenvalue weighted by Crippen LogP contribution is 2.15. The second-order valence-electron chi connectivity index (χ2n) is 6.20. The minimum absolute atomic E-state index is 0. The lowest BCUT2D eigenvalue weighted by molar-refractivity contribution is -0.861. The lowest BCUT2D eigenvalue weighted by atomic mass is 10.3. The third kappa shape index (κ3) is 5.98. The van der Waals surface area contributed by atoms with Gasteiger partial charge in [0, 0.05) is 6.92 Å². The van der Waals surface area contributed by atoms with Gasteiger partial charge in [0.2, 0.25) is 0 Å². The SMILES string of the molecule is Cc1ncc([N+](=O)[O-])n1CC[N+](C)([O-])CCCCn1ccnc1[N+](=O)[O-].[Cl-]. The van der Waals surface area contributed by atoms with Crippen LogP contribution in [0.1, 0.15) is 18.7 Å². The Morgan fingerprint density at radius 2 is 1.81 bits per heavy atom. The molecule has 0 radical (unpaired) electrons. The Morgan fingerprint density at radius 3 is 2.44 bits per heavy atom. The summed E-state index contributed by atoms with van der Waals surface area (Å²) in [6, 6.07) is 0. The number of aryl methyl sites for hydroxylation is 2. The Morgan fingerprint density at radius 1 is 1.11 bits per heavy atom. The average Bonchev–Trinajstić information content (AvgIpc) is 3.16. The third-order valence-electron chi connectivity index (χ3n) is 4.15. The summed E-state index contributed by atoms with van der Waals surface area (Å²) in [4.78, 5) is 28.3. The Hall–Kier alpha value is -2.57. The second kappa shape index (κ2) is 9.39. The second-order valence-corrected chi connectivity index (χ2v) is 6.20. The van der Waals surface area contributed by atoms with Crippen molar-refractivity contribution in [2.75, 3.05) is 20.1 Å². The largest absolute Gasteiger partial charge is 1.00 e. The molecule has 12 nitrogen and oxygen atoms in total. The zero-order chi connectivity index (χ0) is 19.3. The molecular formula is C14H21ClN7O5-. The average molecular weight is 403 g/mol. The molecule has 0 aliphatic rings. The highest BCUT2D eigenvalue weighted by molar-refractivity contribution is 5.18. The van der Waals surface area contributed by atoms with Gasteiger partial charge in [-0.25, -0.2) is 14.1 Å². The Balaban J connectivity index is 0.00000364. The minimum Gasteiger partial charge on any atom is -1.00 e. The normalized spacial score (nSPS) is 13.0. The van der Waals surface area contributed by atoms with Crippen molar-refractivity contribution >= 4 is 11.8 Å². The number of hydroxylamine groups is 3. The van der Waals surface area contributed by atoms with Crippen molar-refractivity contribution in [2.45, 2.75) is 32.9 Å². The molecule has 0 aliphatic heterocycles. The first kappa shape index (κ1) is 22.5. The predicted molar refractivity (Wildman–Crippen MR) is 91.0 cm³/mol. The van der Waals surface area contributed by atoms with Crippen molar-refractivity contribution < 1.29 is 26.9 Å². The lowest BCUT2D eigenvalue weighted by Crippen LogP contribution is -3.00. The predicted octanol–water partition coefficient (Wildman–Crippen LogP) is -1.37. The summed E-state index contributed by atoms with van der Waals surface area (Å²) >= 11 is 0. The van der Waals surface area contributed by atoms with Gasteiger partial charge in [-0.15, -0.1) is 0 Å². The molecule has 13 heteroatoms. The Labute approximate surface area is 161 Å². The molecule has 0 N–H and O–H groups in total. The Kier molecular flexibility index (Phi) is 7.82. The molecule has 0 aromatic carbocycles. The maximum Gasteiger partial charge on any atom is 0.434 e. The van der Waals surface area contributed by atoms with Gasteiger partial charge in [0.05, 0.1) is 20.1 Å². The quantitative estimate of drug-likeness (QED) is 0.206. The van der Waals surface area contributed by atoms with Crippen molar-refractivity contribution in [3.05, 3.63) is 49.9 Å². The number of quaternary nitrogens is 1. The lowest BCUT2D eigenvalue weighted by Gasteiger charge is -2.38. The molecule has 150 valence electrons. The van der Waals surface area contributed by atoms with E-state index in [0.717, 1.165) is 0 Å². The maximum atomic E-state index is 12.5. The maximum absolute atomic E-state index is 12.5. The fourth-order valence-corrected chi connectivity index (χ4v) is 2.68. The number of hydrogen-bond acceptors (Lipinski definition) is 7. The first-order valence-electron chi connectivity index (χ1n) is 8.09. The molecule has 2 aromatic heterocycles. The van der Waals surface area contributed by atoms with Crippen LogP contribution in [0.15, 0.2) is 18.6 Å². The van der Waals surface area contributed by atoms with E-state index >= 15 is 0 Å². The summed E-state index contributed by atoms with van der Waals surface area (Å²) in [5.41, 5.74) is 0. The molecule has 0 spiro atoms. The highest BCUT2D eigenvalue weighted by Gasteiger charge is 2.20. The van der Waals surface area contributed by atoms with E-state index in [1.54, 1.807) is 6.92 Å². The fourth-order valence-electron chi connectivity index (χ4n) is 2.68. The van der Waals surface area contributed by atoms with Crippen LogP contribution < -0.4 is 12.4 Å². The molecule has 2 rings (SSSR count). The summed E-state index contributed by atoms with van der Waals surface area (Å²) < 4.78 is 2.30. The van der Waals surface area contributed by atoms with Gasteiger partial charge in [-0.3, -0.25) is 0 Å². The molecule has 2 aromatic rings. The number of unbranched alkanes of at least 4 members (excludes halogenated alkanes) is 1. The van der Waals surface area contributed by atoms with E-state index < -0.39 is 14.5 Å². The van der Waals surface area contributed by atoms with E-state index in [0.29, 0.717) is 31.8 Å². The van der Waals surface area contributed by atoms with Gasteiger partial charge in [-0.2, -0.15) is 0 Å². The summed E-state index contributed by atoms with van der Waals surface area (Å²) in [7, 11) is 1.51. The first-order valence-corrected chi connectivity index (χ1v) is 8.09. The molecule has 0 fully saturated rings. The van der Waals surface area contributed by atoms with Gasteiger partial charge < -0.3 is 42.5 Å². The van der Waals surface area contributed by atoms with Crippen LogP contribution in [-0.4, -0.2) is 53.7 Å². The van der Waals surface area contributed by atoms with E-state index in [1.807, 2.05) is 0 Å². The molecule has 0 bridgehead atoms. The molecule has 1 unspecified atom stereocenters. The Bertz CT molecular complexity index is 789.